The molecule has 1 aromatic heterocycles. The summed E-state index contributed by atoms with van der Waals surface area (Å²) in [6, 6.07) is 2.04. The Morgan fingerprint density at radius 2 is 1.89 bits per heavy atom. The summed E-state index contributed by atoms with van der Waals surface area (Å²) in [5, 5.41) is 0. The number of nitrogens with two attached hydrogens (primary N) is 1. The minimum Gasteiger partial charge on any atom is -0.496 e. The summed E-state index contributed by atoms with van der Waals surface area (Å²) in [5.74, 6) is 1.44. The fourth-order valence-corrected chi connectivity index (χ4v) is 2.25. The Hall–Kier alpha value is -1.97. The van der Waals surface area contributed by atoms with Crippen molar-refractivity contribution in [2.24, 2.45) is 7.05 Å². The van der Waals surface area contributed by atoms with Crippen molar-refractivity contribution in [2.45, 2.75) is 20.8 Å². The fraction of sp³-hybridized carbons (Fsp3) is 0.357. The molecule has 0 atom stereocenters. The number of nitrogen functional groups attached to an aromatic ring is 1. The van der Waals surface area contributed by atoms with Crippen molar-refractivity contribution in [3.05, 3.63) is 29.0 Å². The second-order valence-electron chi connectivity index (χ2n) is 4.62. The largest absolute Gasteiger partial charge is 0.496 e. The molecule has 96 valence electrons. The van der Waals surface area contributed by atoms with Crippen LogP contribution in [0, 0.1) is 20.8 Å². The van der Waals surface area contributed by atoms with Crippen molar-refractivity contribution in [2.75, 3.05) is 12.8 Å². The zero-order valence-corrected chi connectivity index (χ0v) is 11.5. The summed E-state index contributed by atoms with van der Waals surface area (Å²) in [4.78, 5) is 4.40. The highest BCUT2D eigenvalue weighted by molar-refractivity contribution is 5.71. The first-order valence-electron chi connectivity index (χ1n) is 5.89. The van der Waals surface area contributed by atoms with Crippen LogP contribution in [0.5, 0.6) is 5.75 Å². The van der Waals surface area contributed by atoms with Crippen LogP contribution in [0.4, 0.5) is 5.95 Å². The number of hydrogen-bond acceptors (Lipinski definition) is 3. The summed E-state index contributed by atoms with van der Waals surface area (Å²) >= 11 is 0. The standard InChI is InChI=1S/C14H19N3O/c1-8-6-12(18-5)9(2)10(3)13(8)11-7-17(4)14(15)16-11/h6-7H,1-5H3,(H2,15,16). The van der Waals surface area contributed by atoms with E-state index in [2.05, 4.69) is 25.8 Å². The molecular weight excluding hydrogens is 226 g/mol. The number of methoxy groups -OCH3 is 1. The molecule has 2 rings (SSSR count). The van der Waals surface area contributed by atoms with Gasteiger partial charge in [0, 0.05) is 18.8 Å². The first kappa shape index (κ1) is 12.5. The van der Waals surface area contributed by atoms with E-state index in [1.54, 1.807) is 7.11 Å². The lowest BCUT2D eigenvalue weighted by atomic mass is 9.95. The molecule has 0 bridgehead atoms. The fourth-order valence-electron chi connectivity index (χ4n) is 2.25. The van der Waals surface area contributed by atoms with Crippen molar-refractivity contribution in [3.8, 4) is 17.0 Å². The number of hydrogen-bond donors (Lipinski definition) is 1. The first-order valence-corrected chi connectivity index (χ1v) is 5.89. The van der Waals surface area contributed by atoms with E-state index < -0.39 is 0 Å². The molecule has 4 nitrogen and oxygen atoms in total. The Labute approximate surface area is 107 Å². The van der Waals surface area contributed by atoms with E-state index in [1.165, 1.54) is 5.56 Å². The molecular formula is C14H19N3O. The highest BCUT2D eigenvalue weighted by Gasteiger charge is 2.15. The smallest absolute Gasteiger partial charge is 0.200 e. The molecule has 0 amide bonds. The van der Waals surface area contributed by atoms with E-state index in [1.807, 2.05) is 23.9 Å². The molecule has 2 aromatic rings. The maximum atomic E-state index is 5.80. The van der Waals surface area contributed by atoms with Crippen molar-refractivity contribution in [3.63, 3.8) is 0 Å². The van der Waals surface area contributed by atoms with Crippen LogP contribution in [-0.2, 0) is 7.05 Å². The van der Waals surface area contributed by atoms with Crippen LogP contribution in [-0.4, -0.2) is 16.7 Å². The third kappa shape index (κ3) is 1.83. The predicted octanol–water partition coefficient (Wildman–Crippen LogP) is 2.60. The van der Waals surface area contributed by atoms with Crippen molar-refractivity contribution in [1.82, 2.24) is 9.55 Å². The second kappa shape index (κ2) is 4.37. The maximum absolute atomic E-state index is 5.80. The van der Waals surface area contributed by atoms with E-state index in [-0.39, 0.29) is 0 Å². The van der Waals surface area contributed by atoms with Gasteiger partial charge in [0.2, 0.25) is 0 Å². The minimum atomic E-state index is 0.525. The van der Waals surface area contributed by atoms with E-state index in [9.17, 15) is 0 Å². The quantitative estimate of drug-likeness (QED) is 0.884. The summed E-state index contributed by atoms with van der Waals surface area (Å²) in [6.45, 7) is 6.21. The van der Waals surface area contributed by atoms with Gasteiger partial charge in [-0.25, -0.2) is 4.98 Å². The lowest BCUT2D eigenvalue weighted by Gasteiger charge is -2.14. The van der Waals surface area contributed by atoms with Gasteiger partial charge >= 0.3 is 0 Å². The van der Waals surface area contributed by atoms with Crippen LogP contribution in [0.25, 0.3) is 11.3 Å². The summed E-state index contributed by atoms with van der Waals surface area (Å²) in [6.07, 6.45) is 1.95. The van der Waals surface area contributed by atoms with Gasteiger partial charge in [-0.3, -0.25) is 0 Å². The highest BCUT2D eigenvalue weighted by atomic mass is 16.5. The van der Waals surface area contributed by atoms with Gasteiger partial charge in [0.25, 0.3) is 0 Å². The molecule has 0 spiro atoms. The molecule has 0 radical (unpaired) electrons. The summed E-state index contributed by atoms with van der Waals surface area (Å²) in [5.41, 5.74) is 11.3. The van der Waals surface area contributed by atoms with Gasteiger partial charge in [0.05, 0.1) is 12.8 Å². The van der Waals surface area contributed by atoms with E-state index in [4.69, 9.17) is 10.5 Å². The van der Waals surface area contributed by atoms with E-state index in [0.29, 0.717) is 5.95 Å². The Bertz CT molecular complexity index is 580. The van der Waals surface area contributed by atoms with Crippen LogP contribution >= 0.6 is 0 Å². The Balaban J connectivity index is 2.68. The molecule has 0 aliphatic heterocycles. The molecule has 0 aliphatic rings. The van der Waals surface area contributed by atoms with E-state index >= 15 is 0 Å². The Kier molecular flexibility index (Phi) is 3.03. The molecule has 18 heavy (non-hydrogen) atoms. The lowest BCUT2D eigenvalue weighted by Crippen LogP contribution is -1.96. The first-order chi connectivity index (χ1) is 8.45. The number of aryl methyl sites for hydroxylation is 2. The molecule has 4 heteroatoms. The van der Waals surface area contributed by atoms with E-state index in [0.717, 1.165) is 28.1 Å². The summed E-state index contributed by atoms with van der Waals surface area (Å²) in [7, 11) is 3.59. The van der Waals surface area contributed by atoms with Crippen molar-refractivity contribution >= 4 is 5.95 Å². The minimum absolute atomic E-state index is 0.525. The number of benzene rings is 1. The van der Waals surface area contributed by atoms with Gasteiger partial charge in [-0.2, -0.15) is 0 Å². The second-order valence-corrected chi connectivity index (χ2v) is 4.62. The van der Waals surface area contributed by atoms with Crippen LogP contribution in [0.1, 0.15) is 16.7 Å². The normalized spacial score (nSPS) is 10.7. The number of nitrogens with zero attached hydrogens (tertiary/aromatic N) is 2. The predicted molar refractivity (Wildman–Crippen MR) is 73.8 cm³/mol. The van der Waals surface area contributed by atoms with Crippen LogP contribution < -0.4 is 10.5 Å². The van der Waals surface area contributed by atoms with Gasteiger partial charge < -0.3 is 15.0 Å². The molecule has 0 aliphatic carbocycles. The zero-order valence-electron chi connectivity index (χ0n) is 11.5. The van der Waals surface area contributed by atoms with Crippen LogP contribution in [0.15, 0.2) is 12.3 Å². The van der Waals surface area contributed by atoms with Gasteiger partial charge in [0.1, 0.15) is 5.75 Å². The number of rotatable bonds is 2. The SMILES string of the molecule is COc1cc(C)c(-c2cn(C)c(N)n2)c(C)c1C. The van der Waals surface area contributed by atoms with Crippen molar-refractivity contribution < 1.29 is 4.74 Å². The number of ether oxygens (including phenoxy) is 1. The summed E-state index contributed by atoms with van der Waals surface area (Å²) < 4.78 is 7.20. The number of imidazole rings is 1. The van der Waals surface area contributed by atoms with Crippen LogP contribution in [0.2, 0.25) is 0 Å². The number of aromatic nitrogens is 2. The lowest BCUT2D eigenvalue weighted by molar-refractivity contribution is 0.411. The third-order valence-electron chi connectivity index (χ3n) is 3.44. The van der Waals surface area contributed by atoms with Crippen LogP contribution in [0.3, 0.4) is 0 Å². The number of anilines is 1. The molecule has 2 N–H and O–H groups in total. The molecule has 0 saturated heterocycles. The Morgan fingerprint density at radius 3 is 2.39 bits per heavy atom. The van der Waals surface area contributed by atoms with Gasteiger partial charge in [-0.1, -0.05) is 0 Å². The Morgan fingerprint density at radius 1 is 1.22 bits per heavy atom. The average Bonchev–Trinajstić information content (AvgIpc) is 2.64. The zero-order chi connectivity index (χ0) is 13.4. The van der Waals surface area contributed by atoms with Gasteiger partial charge in [0.15, 0.2) is 5.95 Å². The molecule has 0 fully saturated rings. The molecule has 1 aromatic carbocycles. The monoisotopic (exact) mass is 245 g/mol. The molecule has 0 saturated carbocycles. The third-order valence-corrected chi connectivity index (χ3v) is 3.44. The van der Waals surface area contributed by atoms with Gasteiger partial charge in [-0.05, 0) is 43.5 Å². The average molecular weight is 245 g/mol. The maximum Gasteiger partial charge on any atom is 0.200 e. The highest BCUT2D eigenvalue weighted by Crippen LogP contribution is 2.34. The van der Waals surface area contributed by atoms with Crippen molar-refractivity contribution in [1.29, 1.82) is 0 Å². The topological polar surface area (TPSA) is 53.1 Å². The molecule has 0 unspecified atom stereocenters. The van der Waals surface area contributed by atoms with Gasteiger partial charge in [-0.15, -0.1) is 0 Å². The molecule has 1 heterocycles.